The molecule has 0 saturated heterocycles. The van der Waals surface area contributed by atoms with Crippen LogP contribution in [-0.2, 0) is 0 Å². The number of anilines is 1. The molecule has 6 nitrogen and oxygen atoms in total. The second-order valence-corrected chi connectivity index (χ2v) is 3.68. The van der Waals surface area contributed by atoms with E-state index in [0.717, 1.165) is 13.0 Å². The highest BCUT2D eigenvalue weighted by molar-refractivity contribution is 5.88. The van der Waals surface area contributed by atoms with Gasteiger partial charge in [0.2, 0.25) is 5.95 Å². The van der Waals surface area contributed by atoms with Crippen LogP contribution in [0.3, 0.4) is 0 Å². The zero-order valence-corrected chi connectivity index (χ0v) is 10.1. The molecule has 0 aliphatic rings. The summed E-state index contributed by atoms with van der Waals surface area (Å²) in [7, 11) is 0. The van der Waals surface area contributed by atoms with Crippen LogP contribution in [0.5, 0.6) is 0 Å². The molecule has 6 heteroatoms. The van der Waals surface area contributed by atoms with Gasteiger partial charge in [-0.05, 0) is 13.3 Å². The molecule has 1 heterocycles. The molecule has 94 valence electrons. The van der Waals surface area contributed by atoms with E-state index >= 15 is 0 Å². The molecule has 0 aromatic carbocycles. The average molecular weight is 239 g/mol. The number of aromatic carboxylic acids is 1. The Morgan fingerprint density at radius 3 is 2.65 bits per heavy atom. The third kappa shape index (κ3) is 3.39. The summed E-state index contributed by atoms with van der Waals surface area (Å²) in [5, 5.41) is 17.8. The number of hydrogen-bond donors (Lipinski definition) is 2. The van der Waals surface area contributed by atoms with Gasteiger partial charge in [-0.2, -0.15) is 0 Å². The lowest BCUT2D eigenvalue weighted by Gasteiger charge is -2.21. The van der Waals surface area contributed by atoms with E-state index in [0.29, 0.717) is 18.2 Å². The Labute approximate surface area is 99.9 Å². The summed E-state index contributed by atoms with van der Waals surface area (Å²) in [5.41, 5.74) is 0.538. The molecule has 1 aromatic rings. The largest absolute Gasteiger partial charge is 0.478 e. The quantitative estimate of drug-likeness (QED) is 0.759. The van der Waals surface area contributed by atoms with Gasteiger partial charge in [-0.1, -0.05) is 6.92 Å². The third-order valence-corrected chi connectivity index (χ3v) is 2.34. The number of nitrogens with zero attached hydrogens (tertiary/aromatic N) is 3. The molecule has 0 aliphatic heterocycles. The van der Waals surface area contributed by atoms with Gasteiger partial charge in [0.15, 0.2) is 0 Å². The molecule has 0 aliphatic carbocycles. The summed E-state index contributed by atoms with van der Waals surface area (Å²) >= 11 is 0. The minimum atomic E-state index is -1.03. The fourth-order valence-corrected chi connectivity index (χ4v) is 1.52. The van der Waals surface area contributed by atoms with Crippen molar-refractivity contribution in [2.45, 2.75) is 20.3 Å². The normalized spacial score (nSPS) is 10.3. The summed E-state index contributed by atoms with van der Waals surface area (Å²) in [6, 6.07) is 0. The Morgan fingerprint density at radius 1 is 1.47 bits per heavy atom. The number of aliphatic hydroxyl groups excluding tert-OH is 1. The van der Waals surface area contributed by atoms with Crippen molar-refractivity contribution < 1.29 is 15.0 Å². The molecule has 1 rings (SSSR count). The molecule has 17 heavy (non-hydrogen) atoms. The zero-order chi connectivity index (χ0) is 12.8. The van der Waals surface area contributed by atoms with Crippen molar-refractivity contribution in [3.63, 3.8) is 0 Å². The van der Waals surface area contributed by atoms with Crippen molar-refractivity contribution in [2.75, 3.05) is 24.6 Å². The Kier molecular flexibility index (Phi) is 4.84. The molecule has 0 radical (unpaired) electrons. The number of carboxylic acids is 1. The van der Waals surface area contributed by atoms with E-state index in [2.05, 4.69) is 9.97 Å². The summed E-state index contributed by atoms with van der Waals surface area (Å²) in [4.78, 5) is 20.8. The first kappa shape index (κ1) is 13.4. The first-order valence-electron chi connectivity index (χ1n) is 5.52. The van der Waals surface area contributed by atoms with Crippen LogP contribution in [0.25, 0.3) is 0 Å². The van der Waals surface area contributed by atoms with Gasteiger partial charge in [0.25, 0.3) is 0 Å². The van der Waals surface area contributed by atoms with E-state index in [4.69, 9.17) is 10.2 Å². The zero-order valence-electron chi connectivity index (χ0n) is 10.1. The van der Waals surface area contributed by atoms with Crippen molar-refractivity contribution >= 4 is 11.9 Å². The van der Waals surface area contributed by atoms with Crippen molar-refractivity contribution in [1.29, 1.82) is 0 Å². The minimum Gasteiger partial charge on any atom is -0.478 e. The number of rotatable bonds is 6. The molecular formula is C11H17N3O3. The van der Waals surface area contributed by atoms with E-state index in [1.165, 1.54) is 6.20 Å². The van der Waals surface area contributed by atoms with Crippen molar-refractivity contribution in [2.24, 2.45) is 0 Å². The Balaban J connectivity index is 2.97. The van der Waals surface area contributed by atoms with Crippen LogP contribution >= 0.6 is 0 Å². The van der Waals surface area contributed by atoms with Gasteiger partial charge < -0.3 is 15.1 Å². The van der Waals surface area contributed by atoms with Crippen molar-refractivity contribution in [3.8, 4) is 0 Å². The minimum absolute atomic E-state index is 0.0170. The summed E-state index contributed by atoms with van der Waals surface area (Å²) < 4.78 is 0. The molecule has 2 N–H and O–H groups in total. The molecule has 0 saturated carbocycles. The SMILES string of the molecule is CCCN(CCO)c1ncc(C(=O)O)c(C)n1. The summed E-state index contributed by atoms with van der Waals surface area (Å²) in [5.74, 6) is -0.568. The first-order valence-corrected chi connectivity index (χ1v) is 5.52. The van der Waals surface area contributed by atoms with Gasteiger partial charge in [-0.25, -0.2) is 14.8 Å². The van der Waals surface area contributed by atoms with E-state index in [1.54, 1.807) is 6.92 Å². The monoisotopic (exact) mass is 239 g/mol. The van der Waals surface area contributed by atoms with Gasteiger partial charge in [0.1, 0.15) is 0 Å². The fraction of sp³-hybridized carbons (Fsp3) is 0.545. The van der Waals surface area contributed by atoms with Crippen LogP contribution in [0.4, 0.5) is 5.95 Å². The van der Waals surface area contributed by atoms with Crippen LogP contribution in [0, 0.1) is 6.92 Å². The standard InChI is InChI=1S/C11H17N3O3/c1-3-4-14(5-6-15)11-12-7-9(10(16)17)8(2)13-11/h7,15H,3-6H2,1-2H3,(H,16,17). The summed E-state index contributed by atoms with van der Waals surface area (Å²) in [6.45, 7) is 4.84. The number of aryl methyl sites for hydroxylation is 1. The van der Waals surface area contributed by atoms with Crippen molar-refractivity contribution in [3.05, 3.63) is 17.5 Å². The van der Waals surface area contributed by atoms with E-state index in [-0.39, 0.29) is 12.2 Å². The first-order chi connectivity index (χ1) is 8.10. The molecule has 1 aromatic heterocycles. The predicted molar refractivity (Wildman–Crippen MR) is 63.3 cm³/mol. The van der Waals surface area contributed by atoms with Gasteiger partial charge in [0.05, 0.1) is 17.9 Å². The smallest absolute Gasteiger partial charge is 0.339 e. The predicted octanol–water partition coefficient (Wildman–Crippen LogP) is 0.692. The lowest BCUT2D eigenvalue weighted by Crippen LogP contribution is -2.29. The maximum atomic E-state index is 10.8. The highest BCUT2D eigenvalue weighted by Gasteiger charge is 2.13. The third-order valence-electron chi connectivity index (χ3n) is 2.34. The Bertz CT molecular complexity index is 390. The van der Waals surface area contributed by atoms with E-state index < -0.39 is 5.97 Å². The number of carboxylic acid groups (broad SMARTS) is 1. The highest BCUT2D eigenvalue weighted by atomic mass is 16.4. The lowest BCUT2D eigenvalue weighted by atomic mass is 10.2. The second-order valence-electron chi connectivity index (χ2n) is 3.68. The molecule has 0 unspecified atom stereocenters. The molecule has 0 amide bonds. The van der Waals surface area contributed by atoms with Crippen molar-refractivity contribution in [1.82, 2.24) is 9.97 Å². The Hall–Kier alpha value is -1.69. The average Bonchev–Trinajstić information content (AvgIpc) is 2.28. The van der Waals surface area contributed by atoms with Gasteiger partial charge in [-0.15, -0.1) is 0 Å². The second kappa shape index (κ2) is 6.15. The van der Waals surface area contributed by atoms with Gasteiger partial charge in [-0.3, -0.25) is 0 Å². The maximum Gasteiger partial charge on any atom is 0.339 e. The van der Waals surface area contributed by atoms with Gasteiger partial charge in [0, 0.05) is 19.3 Å². The number of carbonyl (C=O) groups is 1. The topological polar surface area (TPSA) is 86.5 Å². The molecule has 0 spiro atoms. The molecule has 0 fully saturated rings. The number of hydrogen-bond acceptors (Lipinski definition) is 5. The highest BCUT2D eigenvalue weighted by Crippen LogP contribution is 2.11. The van der Waals surface area contributed by atoms with Crippen LogP contribution in [0.2, 0.25) is 0 Å². The number of aromatic nitrogens is 2. The molecule has 0 atom stereocenters. The van der Waals surface area contributed by atoms with E-state index in [9.17, 15) is 4.79 Å². The van der Waals surface area contributed by atoms with Crippen LogP contribution in [-0.4, -0.2) is 45.8 Å². The lowest BCUT2D eigenvalue weighted by molar-refractivity contribution is 0.0695. The van der Waals surface area contributed by atoms with Crippen LogP contribution < -0.4 is 4.90 Å². The molecule has 0 bridgehead atoms. The van der Waals surface area contributed by atoms with Gasteiger partial charge >= 0.3 is 5.97 Å². The summed E-state index contributed by atoms with van der Waals surface area (Å²) in [6.07, 6.45) is 2.21. The maximum absolute atomic E-state index is 10.8. The van der Waals surface area contributed by atoms with Crippen LogP contribution in [0.1, 0.15) is 29.4 Å². The molecular weight excluding hydrogens is 222 g/mol. The van der Waals surface area contributed by atoms with Crippen LogP contribution in [0.15, 0.2) is 6.20 Å². The Morgan fingerprint density at radius 2 is 2.18 bits per heavy atom. The van der Waals surface area contributed by atoms with E-state index in [1.807, 2.05) is 11.8 Å². The number of aliphatic hydroxyl groups is 1. The fourth-order valence-electron chi connectivity index (χ4n) is 1.52.